The summed E-state index contributed by atoms with van der Waals surface area (Å²) in [4.78, 5) is 34.2. The maximum absolute atomic E-state index is 11.3. The third kappa shape index (κ3) is 2.10. The number of amides is 1. The molecule has 78 valence electrons. The van der Waals surface area contributed by atoms with Gasteiger partial charge in [0.15, 0.2) is 6.61 Å². The molecule has 0 aromatic heterocycles. The summed E-state index contributed by atoms with van der Waals surface area (Å²) in [7, 11) is 0. The molecule has 1 fully saturated rings. The Balaban J connectivity index is 2.67. The topological polar surface area (TPSA) is 63.7 Å². The van der Waals surface area contributed by atoms with Crippen LogP contribution in [0.2, 0.25) is 0 Å². The van der Waals surface area contributed by atoms with E-state index in [-0.39, 0.29) is 25.0 Å². The molecule has 0 N–H and O–H groups in total. The van der Waals surface area contributed by atoms with Gasteiger partial charge in [-0.3, -0.25) is 4.79 Å². The molecule has 0 aromatic rings. The molecular formula is C9H13NO4. The summed E-state index contributed by atoms with van der Waals surface area (Å²) in [6.45, 7) is 3.36. The van der Waals surface area contributed by atoms with Gasteiger partial charge in [0.25, 0.3) is 5.91 Å². The first kappa shape index (κ1) is 10.7. The minimum absolute atomic E-state index is 0.214. The molecule has 2 unspecified atom stereocenters. The number of hydrogen-bond donors (Lipinski definition) is 0. The van der Waals surface area contributed by atoms with Gasteiger partial charge in [0.05, 0.1) is 0 Å². The molecule has 1 saturated heterocycles. The van der Waals surface area contributed by atoms with Crippen LogP contribution < -0.4 is 0 Å². The van der Waals surface area contributed by atoms with Gasteiger partial charge in [0.1, 0.15) is 12.3 Å². The fourth-order valence-electron chi connectivity index (χ4n) is 1.29. The van der Waals surface area contributed by atoms with Crippen LogP contribution in [0.15, 0.2) is 0 Å². The molecule has 1 amide bonds. The maximum atomic E-state index is 11.3. The van der Waals surface area contributed by atoms with Crippen LogP contribution in [-0.4, -0.2) is 42.3 Å². The minimum atomic E-state index is -0.585. The first-order valence-corrected chi connectivity index (χ1v) is 4.47. The van der Waals surface area contributed by atoms with Crippen molar-refractivity contribution in [3.05, 3.63) is 0 Å². The molecular weight excluding hydrogens is 186 g/mol. The van der Waals surface area contributed by atoms with E-state index in [1.165, 1.54) is 4.90 Å². The number of esters is 1. The predicted molar refractivity (Wildman–Crippen MR) is 47.4 cm³/mol. The Hall–Kier alpha value is -1.39. The van der Waals surface area contributed by atoms with Gasteiger partial charge in [0.2, 0.25) is 0 Å². The lowest BCUT2D eigenvalue weighted by Crippen LogP contribution is -2.52. The molecule has 1 heterocycles. The Morgan fingerprint density at radius 3 is 2.86 bits per heavy atom. The number of morpholine rings is 1. The highest BCUT2D eigenvalue weighted by Crippen LogP contribution is 2.10. The van der Waals surface area contributed by atoms with Crippen molar-refractivity contribution >= 4 is 18.2 Å². The smallest absolute Gasteiger partial charge is 0.329 e. The van der Waals surface area contributed by atoms with E-state index in [1.54, 1.807) is 13.8 Å². The zero-order chi connectivity index (χ0) is 10.7. The third-order valence-corrected chi connectivity index (χ3v) is 2.18. The normalized spacial score (nSPS) is 24.4. The molecule has 0 saturated carbocycles. The van der Waals surface area contributed by atoms with Crippen molar-refractivity contribution in [2.75, 3.05) is 13.2 Å². The summed E-state index contributed by atoms with van der Waals surface area (Å²) in [5.74, 6) is -0.916. The standard InChI is InChI=1S/C9H13NO4/c1-6(4-11)3-10-7(2)9(13)14-5-8(10)12/h4,6-7H,3,5H2,1-2H3. The highest BCUT2D eigenvalue weighted by atomic mass is 16.5. The number of nitrogens with zero attached hydrogens (tertiary/aromatic N) is 1. The summed E-state index contributed by atoms with van der Waals surface area (Å²) in [5, 5.41) is 0. The van der Waals surface area contributed by atoms with E-state index in [4.69, 9.17) is 0 Å². The molecule has 5 heteroatoms. The summed E-state index contributed by atoms with van der Waals surface area (Å²) in [5.41, 5.74) is 0. The molecule has 0 spiro atoms. The highest BCUT2D eigenvalue weighted by molar-refractivity contribution is 5.90. The van der Waals surface area contributed by atoms with Crippen LogP contribution in [-0.2, 0) is 19.1 Å². The second-order valence-corrected chi connectivity index (χ2v) is 3.44. The van der Waals surface area contributed by atoms with Gasteiger partial charge in [-0.05, 0) is 6.92 Å². The highest BCUT2D eigenvalue weighted by Gasteiger charge is 2.33. The third-order valence-electron chi connectivity index (χ3n) is 2.18. The van der Waals surface area contributed by atoms with Gasteiger partial charge in [-0.15, -0.1) is 0 Å². The van der Waals surface area contributed by atoms with Crippen molar-refractivity contribution in [3.63, 3.8) is 0 Å². The number of rotatable bonds is 3. The van der Waals surface area contributed by atoms with Gasteiger partial charge in [-0.2, -0.15) is 0 Å². The van der Waals surface area contributed by atoms with Gasteiger partial charge < -0.3 is 14.4 Å². The SMILES string of the molecule is CC(C=O)CN1C(=O)COC(=O)C1C. The van der Waals surface area contributed by atoms with Crippen molar-refractivity contribution < 1.29 is 19.1 Å². The molecule has 1 aliphatic heterocycles. The first-order valence-electron chi connectivity index (χ1n) is 4.47. The molecule has 0 aromatic carbocycles. The zero-order valence-corrected chi connectivity index (χ0v) is 8.23. The average molecular weight is 199 g/mol. The summed E-state index contributed by atoms with van der Waals surface area (Å²) in [6, 6.07) is -0.585. The number of carbonyl (C=O) groups is 3. The second-order valence-electron chi connectivity index (χ2n) is 3.44. The van der Waals surface area contributed by atoms with Crippen LogP contribution >= 0.6 is 0 Å². The Morgan fingerprint density at radius 2 is 2.29 bits per heavy atom. The largest absolute Gasteiger partial charge is 0.454 e. The first-order chi connectivity index (χ1) is 6.56. The Bertz CT molecular complexity index is 264. The van der Waals surface area contributed by atoms with Gasteiger partial charge >= 0.3 is 5.97 Å². The van der Waals surface area contributed by atoms with Crippen molar-refractivity contribution in [1.29, 1.82) is 0 Å². The van der Waals surface area contributed by atoms with Crippen molar-refractivity contribution in [3.8, 4) is 0 Å². The molecule has 1 rings (SSSR count). The second kappa shape index (κ2) is 4.21. The lowest BCUT2D eigenvalue weighted by molar-refractivity contribution is -0.168. The summed E-state index contributed by atoms with van der Waals surface area (Å²) < 4.78 is 4.63. The van der Waals surface area contributed by atoms with Crippen LogP contribution in [0.25, 0.3) is 0 Å². The molecule has 1 aliphatic rings. The fourth-order valence-corrected chi connectivity index (χ4v) is 1.29. The van der Waals surface area contributed by atoms with E-state index in [1.807, 2.05) is 0 Å². The number of carbonyl (C=O) groups excluding carboxylic acids is 3. The van der Waals surface area contributed by atoms with Crippen molar-refractivity contribution in [2.24, 2.45) is 5.92 Å². The molecule has 2 atom stereocenters. The Kier molecular flexibility index (Phi) is 3.22. The van der Waals surface area contributed by atoms with Crippen LogP contribution in [0.5, 0.6) is 0 Å². The Morgan fingerprint density at radius 1 is 1.64 bits per heavy atom. The predicted octanol–water partition coefficient (Wildman–Crippen LogP) is -0.405. The molecule has 0 aliphatic carbocycles. The monoisotopic (exact) mass is 199 g/mol. The van der Waals surface area contributed by atoms with Crippen molar-refractivity contribution in [2.45, 2.75) is 19.9 Å². The van der Waals surface area contributed by atoms with Crippen LogP contribution in [0.3, 0.4) is 0 Å². The van der Waals surface area contributed by atoms with Gasteiger partial charge in [-0.1, -0.05) is 6.92 Å². The number of aldehydes is 1. The van der Waals surface area contributed by atoms with Crippen LogP contribution in [0, 0.1) is 5.92 Å². The number of hydrogen-bond acceptors (Lipinski definition) is 4. The number of cyclic esters (lactones) is 1. The van der Waals surface area contributed by atoms with Crippen LogP contribution in [0.4, 0.5) is 0 Å². The lowest BCUT2D eigenvalue weighted by Gasteiger charge is -2.32. The van der Waals surface area contributed by atoms with E-state index in [0.717, 1.165) is 6.29 Å². The fraction of sp³-hybridized carbons (Fsp3) is 0.667. The molecule has 5 nitrogen and oxygen atoms in total. The van der Waals surface area contributed by atoms with Gasteiger partial charge in [-0.25, -0.2) is 4.79 Å². The van der Waals surface area contributed by atoms with E-state index in [2.05, 4.69) is 4.74 Å². The zero-order valence-electron chi connectivity index (χ0n) is 8.23. The maximum Gasteiger partial charge on any atom is 0.329 e. The minimum Gasteiger partial charge on any atom is -0.454 e. The van der Waals surface area contributed by atoms with Crippen molar-refractivity contribution in [1.82, 2.24) is 4.90 Å². The summed E-state index contributed by atoms with van der Waals surface area (Å²) >= 11 is 0. The molecule has 0 bridgehead atoms. The van der Waals surface area contributed by atoms with E-state index in [0.29, 0.717) is 0 Å². The summed E-state index contributed by atoms with van der Waals surface area (Å²) in [6.07, 6.45) is 0.764. The molecule has 14 heavy (non-hydrogen) atoms. The van der Waals surface area contributed by atoms with E-state index < -0.39 is 12.0 Å². The van der Waals surface area contributed by atoms with E-state index in [9.17, 15) is 14.4 Å². The quantitative estimate of drug-likeness (QED) is 0.458. The van der Waals surface area contributed by atoms with Gasteiger partial charge in [0, 0.05) is 12.5 Å². The lowest BCUT2D eigenvalue weighted by atomic mass is 10.1. The Labute approximate surface area is 82.0 Å². The van der Waals surface area contributed by atoms with Crippen LogP contribution in [0.1, 0.15) is 13.8 Å². The van der Waals surface area contributed by atoms with E-state index >= 15 is 0 Å². The average Bonchev–Trinajstić information content (AvgIpc) is 2.18. The number of ether oxygens (including phenoxy) is 1. The molecule has 0 radical (unpaired) electrons.